The van der Waals surface area contributed by atoms with E-state index in [1.807, 2.05) is 0 Å². The summed E-state index contributed by atoms with van der Waals surface area (Å²) in [6, 6.07) is -1.28. The molecule has 0 aromatic rings. The lowest BCUT2D eigenvalue weighted by Crippen LogP contribution is -2.32. The molecule has 0 aromatic heterocycles. The minimum Gasteiger partial charge on any atom is -0.480 e. The number of rotatable bonds is 2. The van der Waals surface area contributed by atoms with E-state index < -0.39 is 24.0 Å². The van der Waals surface area contributed by atoms with Crippen LogP contribution in [0, 0.1) is 0 Å². The van der Waals surface area contributed by atoms with Crippen molar-refractivity contribution in [2.24, 2.45) is 0 Å². The summed E-state index contributed by atoms with van der Waals surface area (Å²) < 4.78 is 0. The molecule has 2 rings (SSSR count). The molecule has 19 heavy (non-hydrogen) atoms. The van der Waals surface area contributed by atoms with E-state index in [9.17, 15) is 19.2 Å². The molecule has 2 amide bonds. The molecular formula is C10H14MgN2O6. The van der Waals surface area contributed by atoms with Gasteiger partial charge in [0.1, 0.15) is 12.1 Å². The van der Waals surface area contributed by atoms with Crippen LogP contribution in [0.1, 0.15) is 25.7 Å². The molecule has 2 saturated heterocycles. The molecule has 0 aliphatic carbocycles. The van der Waals surface area contributed by atoms with Crippen LogP contribution in [0.3, 0.4) is 0 Å². The van der Waals surface area contributed by atoms with Gasteiger partial charge in [-0.1, -0.05) is 0 Å². The fourth-order valence-electron chi connectivity index (χ4n) is 1.60. The van der Waals surface area contributed by atoms with Gasteiger partial charge in [0.2, 0.25) is 11.8 Å². The van der Waals surface area contributed by atoms with E-state index in [0.717, 1.165) is 0 Å². The van der Waals surface area contributed by atoms with Gasteiger partial charge in [-0.05, 0) is 12.8 Å². The molecule has 0 bridgehead atoms. The Hall–Kier alpha value is -1.35. The zero-order chi connectivity index (χ0) is 13.7. The van der Waals surface area contributed by atoms with Gasteiger partial charge in [-0.25, -0.2) is 9.59 Å². The quantitative estimate of drug-likeness (QED) is 0.447. The van der Waals surface area contributed by atoms with Gasteiger partial charge in [-0.15, -0.1) is 0 Å². The fraction of sp³-hybridized carbons (Fsp3) is 0.600. The molecule has 2 radical (unpaired) electrons. The first-order valence-corrected chi connectivity index (χ1v) is 5.44. The smallest absolute Gasteiger partial charge is 0.326 e. The Kier molecular flexibility index (Phi) is 7.38. The number of carbonyl (C=O) groups is 4. The highest BCUT2D eigenvalue weighted by molar-refractivity contribution is 5.87. The summed E-state index contributed by atoms with van der Waals surface area (Å²) in [5.74, 6) is -2.22. The highest BCUT2D eigenvalue weighted by Crippen LogP contribution is 2.05. The number of carboxylic acids is 2. The summed E-state index contributed by atoms with van der Waals surface area (Å²) in [7, 11) is 0. The maximum absolute atomic E-state index is 10.4. The van der Waals surface area contributed by atoms with Crippen molar-refractivity contribution in [3.05, 3.63) is 0 Å². The van der Waals surface area contributed by atoms with Crippen LogP contribution >= 0.6 is 0 Å². The highest BCUT2D eigenvalue weighted by Gasteiger charge is 2.26. The van der Waals surface area contributed by atoms with Gasteiger partial charge < -0.3 is 20.8 Å². The average molecular weight is 283 g/mol. The molecule has 0 unspecified atom stereocenters. The molecule has 0 spiro atoms. The van der Waals surface area contributed by atoms with Crippen molar-refractivity contribution in [2.75, 3.05) is 0 Å². The zero-order valence-corrected chi connectivity index (χ0v) is 11.6. The van der Waals surface area contributed by atoms with Gasteiger partial charge in [-0.2, -0.15) is 0 Å². The van der Waals surface area contributed by atoms with Crippen molar-refractivity contribution in [1.82, 2.24) is 10.6 Å². The van der Waals surface area contributed by atoms with Gasteiger partial charge >= 0.3 is 11.9 Å². The van der Waals surface area contributed by atoms with Gasteiger partial charge in [0.05, 0.1) is 0 Å². The SMILES string of the molecule is O=C1CC[C@@H](C(=O)O)N1.O=C1CC[C@@H](C(=O)O)N1.[Mg]. The summed E-state index contributed by atoms with van der Waals surface area (Å²) in [5.41, 5.74) is 0. The molecule has 2 aliphatic heterocycles. The van der Waals surface area contributed by atoms with Crippen molar-refractivity contribution in [3.8, 4) is 0 Å². The number of carboxylic acid groups (broad SMARTS) is 2. The summed E-state index contributed by atoms with van der Waals surface area (Å²) in [6.07, 6.45) is 1.54. The minimum absolute atomic E-state index is 0. The van der Waals surface area contributed by atoms with Crippen LogP contribution in [0.4, 0.5) is 0 Å². The van der Waals surface area contributed by atoms with Crippen LogP contribution in [0.2, 0.25) is 0 Å². The summed E-state index contributed by atoms with van der Waals surface area (Å²) >= 11 is 0. The second-order valence-corrected chi connectivity index (χ2v) is 3.99. The predicted molar refractivity (Wildman–Crippen MR) is 63.4 cm³/mol. The van der Waals surface area contributed by atoms with Gasteiger partial charge in [0.15, 0.2) is 0 Å². The molecule has 102 valence electrons. The highest BCUT2D eigenvalue weighted by atomic mass is 24.3. The predicted octanol–water partition coefficient (Wildman–Crippen LogP) is -1.68. The molecule has 0 aromatic carbocycles. The van der Waals surface area contributed by atoms with E-state index in [0.29, 0.717) is 25.7 Å². The number of amides is 2. The number of carbonyl (C=O) groups excluding carboxylic acids is 2. The summed E-state index contributed by atoms with van der Waals surface area (Å²) in [6.45, 7) is 0. The summed E-state index contributed by atoms with van der Waals surface area (Å²) in [5, 5.41) is 21.3. The molecular weight excluding hydrogens is 268 g/mol. The first-order chi connectivity index (χ1) is 8.40. The van der Waals surface area contributed by atoms with Gasteiger partial charge in [0, 0.05) is 35.9 Å². The van der Waals surface area contributed by atoms with E-state index in [4.69, 9.17) is 10.2 Å². The molecule has 9 heteroatoms. The third-order valence-corrected chi connectivity index (χ3v) is 2.59. The van der Waals surface area contributed by atoms with Crippen LogP contribution in [0.25, 0.3) is 0 Å². The zero-order valence-electron chi connectivity index (χ0n) is 10.2. The standard InChI is InChI=1S/2C5H7NO3.Mg/c2*7-4-2-1-3(6-4)5(8)9;/h2*3H,1-2H2,(H,6,7)(H,8,9);/t2*3-;/m00./s1. The number of nitrogens with one attached hydrogen (secondary N) is 2. The lowest BCUT2D eigenvalue weighted by atomic mass is 10.2. The molecule has 2 aliphatic rings. The van der Waals surface area contributed by atoms with E-state index >= 15 is 0 Å². The maximum atomic E-state index is 10.4. The van der Waals surface area contributed by atoms with E-state index in [1.54, 1.807) is 0 Å². The van der Waals surface area contributed by atoms with E-state index in [-0.39, 0.29) is 34.9 Å². The minimum atomic E-state index is -0.944. The van der Waals surface area contributed by atoms with Crippen molar-refractivity contribution in [1.29, 1.82) is 0 Å². The van der Waals surface area contributed by atoms with Gasteiger partial charge in [0.25, 0.3) is 0 Å². The fourth-order valence-corrected chi connectivity index (χ4v) is 1.60. The second kappa shape index (κ2) is 7.95. The topological polar surface area (TPSA) is 133 Å². The van der Waals surface area contributed by atoms with Crippen LogP contribution < -0.4 is 10.6 Å². The van der Waals surface area contributed by atoms with E-state index in [1.165, 1.54) is 0 Å². The van der Waals surface area contributed by atoms with Crippen LogP contribution in [0.15, 0.2) is 0 Å². The number of hydrogen-bond acceptors (Lipinski definition) is 4. The normalized spacial score (nSPS) is 24.4. The Labute approximate surface area is 125 Å². The van der Waals surface area contributed by atoms with E-state index in [2.05, 4.69) is 10.6 Å². The molecule has 2 fully saturated rings. The third kappa shape index (κ3) is 5.88. The Bertz CT molecular complexity index is 350. The average Bonchev–Trinajstić information content (AvgIpc) is 2.88. The molecule has 2 atom stereocenters. The Morgan fingerprint density at radius 1 is 0.895 bits per heavy atom. The van der Waals surface area contributed by atoms with Crippen molar-refractivity contribution in [2.45, 2.75) is 37.8 Å². The Balaban J connectivity index is 0.000000324. The molecule has 4 N–H and O–H groups in total. The van der Waals surface area contributed by atoms with Crippen LogP contribution in [-0.2, 0) is 19.2 Å². The van der Waals surface area contributed by atoms with Crippen molar-refractivity contribution in [3.63, 3.8) is 0 Å². The number of aliphatic carboxylic acids is 2. The molecule has 0 saturated carbocycles. The van der Waals surface area contributed by atoms with Crippen LogP contribution in [0.5, 0.6) is 0 Å². The second-order valence-electron chi connectivity index (χ2n) is 3.99. The first-order valence-electron chi connectivity index (χ1n) is 5.44. The lowest BCUT2D eigenvalue weighted by molar-refractivity contribution is -0.140. The molecule has 8 nitrogen and oxygen atoms in total. The van der Waals surface area contributed by atoms with Crippen molar-refractivity contribution < 1.29 is 29.4 Å². The molecule has 2 heterocycles. The monoisotopic (exact) mass is 282 g/mol. The third-order valence-electron chi connectivity index (χ3n) is 2.59. The van der Waals surface area contributed by atoms with Gasteiger partial charge in [-0.3, -0.25) is 9.59 Å². The Morgan fingerprint density at radius 3 is 1.32 bits per heavy atom. The van der Waals surface area contributed by atoms with Crippen molar-refractivity contribution >= 4 is 46.8 Å². The van der Waals surface area contributed by atoms with Crippen LogP contribution in [-0.4, -0.2) is 69.1 Å². The lowest BCUT2D eigenvalue weighted by Gasteiger charge is -1.99. The number of hydrogen-bond donors (Lipinski definition) is 4. The Morgan fingerprint density at radius 2 is 1.21 bits per heavy atom. The summed E-state index contributed by atoms with van der Waals surface area (Å²) in [4.78, 5) is 41.0. The maximum Gasteiger partial charge on any atom is 0.326 e. The first kappa shape index (κ1) is 17.6. The largest absolute Gasteiger partial charge is 0.480 e.